The van der Waals surface area contributed by atoms with Crippen LogP contribution in [0.3, 0.4) is 0 Å². The minimum atomic E-state index is -3.60. The third kappa shape index (κ3) is 2.67. The van der Waals surface area contributed by atoms with Crippen LogP contribution in [0.5, 0.6) is 0 Å². The average Bonchev–Trinajstić information content (AvgIpc) is 2.85. The van der Waals surface area contributed by atoms with E-state index in [-0.39, 0.29) is 11.4 Å². The number of nitrogens with one attached hydrogen (secondary N) is 1. The lowest BCUT2D eigenvalue weighted by atomic mass is 10.1. The van der Waals surface area contributed by atoms with Crippen LogP contribution in [0.2, 0.25) is 0 Å². The summed E-state index contributed by atoms with van der Waals surface area (Å²) in [5.41, 5.74) is 2.86. The van der Waals surface area contributed by atoms with E-state index in [0.717, 1.165) is 17.1 Å². The zero-order chi connectivity index (χ0) is 17.6. The molecule has 2 aromatic rings. The second-order valence-corrected chi connectivity index (χ2v) is 8.14. The lowest BCUT2D eigenvalue weighted by molar-refractivity contribution is 0.383. The largest absolute Gasteiger partial charge is 0.362 e. The van der Waals surface area contributed by atoms with E-state index in [9.17, 15) is 8.42 Å². The molecule has 130 valence electrons. The fourth-order valence-corrected chi connectivity index (χ4v) is 4.87. The molecule has 3 rings (SSSR count). The van der Waals surface area contributed by atoms with Crippen molar-refractivity contribution in [2.45, 2.75) is 38.6 Å². The number of hydrogen-bond acceptors (Lipinski definition) is 6. The Hall–Kier alpha value is -2.00. The molecule has 0 spiro atoms. The van der Waals surface area contributed by atoms with E-state index in [1.165, 1.54) is 4.31 Å². The van der Waals surface area contributed by atoms with Gasteiger partial charge in [-0.05, 0) is 27.2 Å². The molecule has 24 heavy (non-hydrogen) atoms. The number of aromatic amines is 1. The van der Waals surface area contributed by atoms with Crippen LogP contribution in [0.25, 0.3) is 0 Å². The molecular formula is C15H22N6O2S. The number of H-pyrrole nitrogens is 1. The lowest BCUT2D eigenvalue weighted by Gasteiger charge is -2.29. The Morgan fingerprint density at radius 1 is 1.17 bits per heavy atom. The maximum Gasteiger partial charge on any atom is 0.247 e. The Balaban J connectivity index is 2.02. The highest BCUT2D eigenvalue weighted by molar-refractivity contribution is 7.89. The maximum atomic E-state index is 13.0. The zero-order valence-electron chi connectivity index (χ0n) is 14.6. The summed E-state index contributed by atoms with van der Waals surface area (Å²) in [7, 11) is 0.265. The zero-order valence-corrected chi connectivity index (χ0v) is 15.4. The molecule has 0 aromatic carbocycles. The van der Waals surface area contributed by atoms with Gasteiger partial charge in [0.15, 0.2) is 0 Å². The number of anilines is 1. The smallest absolute Gasteiger partial charge is 0.247 e. The number of aryl methyl sites for hydroxylation is 3. The second kappa shape index (κ2) is 5.82. The third-order valence-corrected chi connectivity index (χ3v) is 6.31. The highest BCUT2D eigenvalue weighted by atomic mass is 32.2. The van der Waals surface area contributed by atoms with Crippen LogP contribution in [0.1, 0.15) is 28.5 Å². The first-order valence-electron chi connectivity index (χ1n) is 7.77. The fraction of sp³-hybridized carbons (Fsp3) is 0.533. The van der Waals surface area contributed by atoms with E-state index in [1.807, 2.05) is 25.9 Å². The van der Waals surface area contributed by atoms with Gasteiger partial charge in [0.2, 0.25) is 10.0 Å². The first-order chi connectivity index (χ1) is 11.2. The first kappa shape index (κ1) is 16.8. The van der Waals surface area contributed by atoms with Crippen molar-refractivity contribution >= 4 is 15.8 Å². The molecule has 0 saturated heterocycles. The first-order valence-corrected chi connectivity index (χ1v) is 9.21. The molecule has 9 heteroatoms. The van der Waals surface area contributed by atoms with Crippen molar-refractivity contribution in [3.8, 4) is 0 Å². The molecule has 2 aromatic heterocycles. The fourth-order valence-electron chi connectivity index (χ4n) is 3.13. The van der Waals surface area contributed by atoms with Crippen LogP contribution >= 0.6 is 0 Å². The van der Waals surface area contributed by atoms with Gasteiger partial charge in [0, 0.05) is 26.2 Å². The molecule has 0 amide bonds. The lowest BCUT2D eigenvalue weighted by Crippen LogP contribution is -2.38. The van der Waals surface area contributed by atoms with Crippen LogP contribution < -0.4 is 4.90 Å². The maximum absolute atomic E-state index is 13.0. The molecule has 1 N–H and O–H groups in total. The number of sulfonamides is 1. The molecular weight excluding hydrogens is 328 g/mol. The monoisotopic (exact) mass is 350 g/mol. The molecule has 0 bridgehead atoms. The van der Waals surface area contributed by atoms with E-state index in [0.29, 0.717) is 30.2 Å². The molecule has 1 aliphatic rings. The summed E-state index contributed by atoms with van der Waals surface area (Å²) in [5.74, 6) is 1.51. The van der Waals surface area contributed by atoms with Crippen molar-refractivity contribution in [3.63, 3.8) is 0 Å². The van der Waals surface area contributed by atoms with Gasteiger partial charge in [0.25, 0.3) is 0 Å². The molecule has 0 atom stereocenters. The highest BCUT2D eigenvalue weighted by Crippen LogP contribution is 2.30. The molecule has 0 unspecified atom stereocenters. The topological polar surface area (TPSA) is 95.1 Å². The Kier molecular flexibility index (Phi) is 4.08. The molecule has 3 heterocycles. The van der Waals surface area contributed by atoms with Crippen LogP contribution in [0.15, 0.2) is 4.90 Å². The van der Waals surface area contributed by atoms with Gasteiger partial charge >= 0.3 is 0 Å². The van der Waals surface area contributed by atoms with Crippen molar-refractivity contribution in [2.24, 2.45) is 0 Å². The molecule has 8 nitrogen and oxygen atoms in total. The quantitative estimate of drug-likeness (QED) is 0.885. The van der Waals surface area contributed by atoms with Crippen molar-refractivity contribution in [3.05, 3.63) is 28.5 Å². The predicted molar refractivity (Wildman–Crippen MR) is 90.5 cm³/mol. The Bertz CT molecular complexity index is 868. The standard InChI is InChI=1S/C15H22N6O2S/c1-9-14(10(2)19-18-9)24(22,23)21-7-6-12-13(8-21)16-11(3)17-15(12)20(4)5/h6-8H2,1-5H3,(H,18,19). The van der Waals surface area contributed by atoms with Crippen molar-refractivity contribution < 1.29 is 8.42 Å². The number of rotatable bonds is 3. The summed E-state index contributed by atoms with van der Waals surface area (Å²) in [6, 6.07) is 0. The summed E-state index contributed by atoms with van der Waals surface area (Å²) >= 11 is 0. The molecule has 0 saturated carbocycles. The molecule has 0 fully saturated rings. The molecule has 0 radical (unpaired) electrons. The Morgan fingerprint density at radius 2 is 1.88 bits per heavy atom. The number of fused-ring (bicyclic) bond motifs is 1. The van der Waals surface area contributed by atoms with Gasteiger partial charge in [-0.2, -0.15) is 9.40 Å². The van der Waals surface area contributed by atoms with Gasteiger partial charge < -0.3 is 4.90 Å². The summed E-state index contributed by atoms with van der Waals surface area (Å²) < 4.78 is 27.5. The Morgan fingerprint density at radius 3 is 2.46 bits per heavy atom. The summed E-state index contributed by atoms with van der Waals surface area (Å²) in [6.45, 7) is 5.91. The number of aromatic nitrogens is 4. The summed E-state index contributed by atoms with van der Waals surface area (Å²) in [6.07, 6.45) is 0.596. The van der Waals surface area contributed by atoms with Gasteiger partial charge in [-0.1, -0.05) is 0 Å². The van der Waals surface area contributed by atoms with Gasteiger partial charge in [-0.15, -0.1) is 0 Å². The van der Waals surface area contributed by atoms with Crippen LogP contribution in [0.4, 0.5) is 5.82 Å². The van der Waals surface area contributed by atoms with Gasteiger partial charge in [-0.3, -0.25) is 5.10 Å². The van der Waals surface area contributed by atoms with Gasteiger partial charge in [0.05, 0.1) is 23.6 Å². The average molecular weight is 350 g/mol. The highest BCUT2D eigenvalue weighted by Gasteiger charge is 2.34. The summed E-state index contributed by atoms with van der Waals surface area (Å²) in [5, 5.41) is 6.76. The van der Waals surface area contributed by atoms with Crippen LogP contribution in [0, 0.1) is 20.8 Å². The molecule has 1 aliphatic heterocycles. The van der Waals surface area contributed by atoms with E-state index < -0.39 is 10.0 Å². The van der Waals surface area contributed by atoms with E-state index in [2.05, 4.69) is 20.2 Å². The van der Waals surface area contributed by atoms with E-state index in [1.54, 1.807) is 13.8 Å². The number of hydrogen-bond donors (Lipinski definition) is 1. The Labute approximate surface area is 142 Å². The van der Waals surface area contributed by atoms with Crippen LogP contribution in [-0.4, -0.2) is 53.5 Å². The van der Waals surface area contributed by atoms with E-state index >= 15 is 0 Å². The van der Waals surface area contributed by atoms with Crippen molar-refractivity contribution in [1.29, 1.82) is 0 Å². The second-order valence-electron chi connectivity index (χ2n) is 6.27. The summed E-state index contributed by atoms with van der Waals surface area (Å²) in [4.78, 5) is 11.2. The van der Waals surface area contributed by atoms with Gasteiger partial charge in [0.1, 0.15) is 16.5 Å². The predicted octanol–water partition coefficient (Wildman–Crippen LogP) is 0.938. The normalized spacial score (nSPS) is 15.4. The van der Waals surface area contributed by atoms with E-state index in [4.69, 9.17) is 0 Å². The molecule has 0 aliphatic carbocycles. The van der Waals surface area contributed by atoms with Crippen molar-refractivity contribution in [1.82, 2.24) is 24.5 Å². The van der Waals surface area contributed by atoms with Crippen molar-refractivity contribution in [2.75, 3.05) is 25.5 Å². The SMILES string of the molecule is Cc1nc2c(c(N(C)C)n1)CCN(S(=O)(=O)c1c(C)n[nH]c1C)C2. The van der Waals surface area contributed by atoms with Crippen LogP contribution in [-0.2, 0) is 23.0 Å². The minimum Gasteiger partial charge on any atom is -0.362 e. The third-order valence-electron chi connectivity index (χ3n) is 4.20. The minimum absolute atomic E-state index is 0.256. The van der Waals surface area contributed by atoms with Gasteiger partial charge in [-0.25, -0.2) is 18.4 Å². The number of nitrogens with zero attached hydrogens (tertiary/aromatic N) is 5.